The van der Waals surface area contributed by atoms with Crippen LogP contribution in [-0.4, -0.2) is 61.5 Å². The normalized spacial score (nSPS) is 16.0. The number of amides is 2. The van der Waals surface area contributed by atoms with E-state index in [1.807, 2.05) is 6.07 Å². The smallest absolute Gasteiger partial charge is 0.244 e. The number of methoxy groups -OCH3 is 1. The Morgan fingerprint density at radius 1 is 1.11 bits per heavy atom. The van der Waals surface area contributed by atoms with Crippen LogP contribution in [0.2, 0.25) is 0 Å². The molecule has 0 bridgehead atoms. The molecule has 3 aromatic rings. The van der Waals surface area contributed by atoms with Crippen molar-refractivity contribution in [1.29, 1.82) is 5.41 Å². The zero-order valence-electron chi connectivity index (χ0n) is 19.7. The molecule has 1 atom stereocenters. The number of nitrogens with two attached hydrogens (primary N) is 2. The van der Waals surface area contributed by atoms with Gasteiger partial charge in [0.1, 0.15) is 17.6 Å². The van der Waals surface area contributed by atoms with E-state index in [-0.39, 0.29) is 23.7 Å². The lowest BCUT2D eigenvalue weighted by Crippen LogP contribution is -2.48. The van der Waals surface area contributed by atoms with E-state index < -0.39 is 34.4 Å². The molecule has 11 heteroatoms. The molecule has 1 aliphatic rings. The van der Waals surface area contributed by atoms with Crippen LogP contribution in [0.1, 0.15) is 17.5 Å². The van der Waals surface area contributed by atoms with Gasteiger partial charge in [-0.2, -0.15) is 4.31 Å². The van der Waals surface area contributed by atoms with Crippen LogP contribution in [0.4, 0.5) is 0 Å². The van der Waals surface area contributed by atoms with E-state index in [9.17, 15) is 18.0 Å². The molecule has 1 fully saturated rings. The van der Waals surface area contributed by atoms with Crippen LogP contribution in [0.3, 0.4) is 0 Å². The van der Waals surface area contributed by atoms with Crippen molar-refractivity contribution in [2.45, 2.75) is 23.9 Å². The molecule has 36 heavy (non-hydrogen) atoms. The monoisotopic (exact) mass is 509 g/mol. The van der Waals surface area contributed by atoms with Crippen LogP contribution >= 0.6 is 0 Å². The van der Waals surface area contributed by atoms with Crippen molar-refractivity contribution in [2.75, 3.05) is 20.2 Å². The lowest BCUT2D eigenvalue weighted by atomic mass is 10.1. The first kappa shape index (κ1) is 25.1. The summed E-state index contributed by atoms with van der Waals surface area (Å²) in [5, 5.41) is 9.06. The van der Waals surface area contributed by atoms with Crippen LogP contribution in [0.5, 0.6) is 5.75 Å². The second-order valence-corrected chi connectivity index (χ2v) is 10.5. The predicted octanol–water partition coefficient (Wildman–Crippen LogP) is 1.41. The highest BCUT2D eigenvalue weighted by Crippen LogP contribution is 2.29. The van der Waals surface area contributed by atoms with Crippen molar-refractivity contribution in [3.63, 3.8) is 0 Å². The van der Waals surface area contributed by atoms with Gasteiger partial charge in [0.15, 0.2) is 0 Å². The van der Waals surface area contributed by atoms with Gasteiger partial charge < -0.3 is 21.1 Å². The molecule has 0 radical (unpaired) electrons. The quantitative estimate of drug-likeness (QED) is 0.292. The molecular formula is C25H27N5O5S. The van der Waals surface area contributed by atoms with E-state index in [0.717, 1.165) is 15.3 Å². The van der Waals surface area contributed by atoms with E-state index in [1.54, 1.807) is 42.5 Å². The first-order chi connectivity index (χ1) is 17.1. The number of nitrogen functional groups attached to an aromatic ring is 1. The lowest BCUT2D eigenvalue weighted by molar-refractivity contribution is -0.131. The third-order valence-corrected chi connectivity index (χ3v) is 8.02. The Morgan fingerprint density at radius 3 is 2.56 bits per heavy atom. The number of hydrogen-bond acceptors (Lipinski definition) is 6. The van der Waals surface area contributed by atoms with Crippen molar-refractivity contribution >= 4 is 38.4 Å². The summed E-state index contributed by atoms with van der Waals surface area (Å²) in [6.07, 6.45) is 0.207. The van der Waals surface area contributed by atoms with Crippen molar-refractivity contribution < 1.29 is 22.7 Å². The summed E-state index contributed by atoms with van der Waals surface area (Å²) in [5.41, 5.74) is 12.2. The van der Waals surface area contributed by atoms with Crippen molar-refractivity contribution in [2.24, 2.45) is 11.5 Å². The summed E-state index contributed by atoms with van der Waals surface area (Å²) in [5.74, 6) is -0.798. The Hall–Kier alpha value is -3.96. The SMILES string of the molecule is COc1ccc2ccc(S(=O)(=O)N(CC(N)=O)[C@H]3CCN(Cc4cccc(C(=N)N)c4)C3=O)cc2c1. The molecule has 5 N–H and O–H groups in total. The van der Waals surface area contributed by atoms with Gasteiger partial charge in [-0.25, -0.2) is 8.42 Å². The first-order valence-electron chi connectivity index (χ1n) is 11.2. The van der Waals surface area contributed by atoms with Crippen LogP contribution in [0.15, 0.2) is 65.6 Å². The van der Waals surface area contributed by atoms with Gasteiger partial charge in [-0.3, -0.25) is 15.0 Å². The highest BCUT2D eigenvalue weighted by molar-refractivity contribution is 7.89. The molecule has 1 heterocycles. The van der Waals surface area contributed by atoms with Crippen LogP contribution in [0, 0.1) is 5.41 Å². The highest BCUT2D eigenvalue weighted by Gasteiger charge is 2.42. The van der Waals surface area contributed by atoms with E-state index in [1.165, 1.54) is 24.1 Å². The number of amidine groups is 1. The number of fused-ring (bicyclic) bond motifs is 1. The summed E-state index contributed by atoms with van der Waals surface area (Å²) in [4.78, 5) is 26.6. The molecule has 2 amide bonds. The van der Waals surface area contributed by atoms with Gasteiger partial charge in [0.25, 0.3) is 0 Å². The van der Waals surface area contributed by atoms with E-state index in [2.05, 4.69) is 0 Å². The number of nitrogens with one attached hydrogen (secondary N) is 1. The number of sulfonamides is 1. The fourth-order valence-electron chi connectivity index (χ4n) is 4.35. The van der Waals surface area contributed by atoms with E-state index >= 15 is 0 Å². The molecule has 0 spiro atoms. The van der Waals surface area contributed by atoms with E-state index in [4.69, 9.17) is 21.6 Å². The molecule has 188 valence electrons. The molecule has 0 unspecified atom stereocenters. The second-order valence-electron chi connectivity index (χ2n) is 8.57. The van der Waals surface area contributed by atoms with Gasteiger partial charge in [0, 0.05) is 18.7 Å². The van der Waals surface area contributed by atoms with Crippen molar-refractivity contribution in [1.82, 2.24) is 9.21 Å². The minimum absolute atomic E-state index is 0.0510. The van der Waals surface area contributed by atoms with Crippen LogP contribution in [-0.2, 0) is 26.2 Å². The Balaban J connectivity index is 1.63. The topological polar surface area (TPSA) is 160 Å². The van der Waals surface area contributed by atoms with Crippen molar-refractivity contribution in [3.8, 4) is 5.75 Å². The van der Waals surface area contributed by atoms with Gasteiger partial charge in [-0.15, -0.1) is 0 Å². The number of carbonyl (C=O) groups is 2. The molecule has 3 aromatic carbocycles. The van der Waals surface area contributed by atoms with Gasteiger partial charge in [0.05, 0.1) is 18.6 Å². The first-order valence-corrected chi connectivity index (χ1v) is 12.6. The number of primary amides is 1. The Labute approximate surface area is 209 Å². The third kappa shape index (κ3) is 5.02. The molecule has 0 aromatic heterocycles. The molecule has 1 saturated heterocycles. The Bertz CT molecular complexity index is 1460. The minimum Gasteiger partial charge on any atom is -0.497 e. The predicted molar refractivity (Wildman–Crippen MR) is 135 cm³/mol. The molecule has 0 aliphatic carbocycles. The zero-order chi connectivity index (χ0) is 26.0. The van der Waals surface area contributed by atoms with Gasteiger partial charge in [-0.05, 0) is 53.1 Å². The Morgan fingerprint density at radius 2 is 1.86 bits per heavy atom. The summed E-state index contributed by atoms with van der Waals surface area (Å²) < 4.78 is 33.5. The summed E-state index contributed by atoms with van der Waals surface area (Å²) >= 11 is 0. The molecule has 10 nitrogen and oxygen atoms in total. The minimum atomic E-state index is -4.24. The number of likely N-dealkylation sites (tertiary alicyclic amines) is 1. The fourth-order valence-corrected chi connectivity index (χ4v) is 5.96. The maximum atomic E-state index is 13.7. The molecular weight excluding hydrogens is 482 g/mol. The lowest BCUT2D eigenvalue weighted by Gasteiger charge is -2.26. The second kappa shape index (κ2) is 9.96. The van der Waals surface area contributed by atoms with Gasteiger partial charge >= 0.3 is 0 Å². The molecule has 4 rings (SSSR count). The summed E-state index contributed by atoms with van der Waals surface area (Å²) in [6, 6.07) is 15.8. The fraction of sp³-hybridized carbons (Fsp3) is 0.240. The average Bonchev–Trinajstić information content (AvgIpc) is 3.21. The number of rotatable bonds is 9. The van der Waals surface area contributed by atoms with Gasteiger partial charge in [-0.1, -0.05) is 30.3 Å². The Kier molecular flexibility index (Phi) is 6.95. The number of nitrogens with zero attached hydrogens (tertiary/aromatic N) is 2. The number of carbonyl (C=O) groups excluding carboxylic acids is 2. The highest BCUT2D eigenvalue weighted by atomic mass is 32.2. The standard InChI is InChI=1S/C25H27N5O5S/c1-35-20-7-5-17-6-8-21(13-19(17)12-20)36(33,34)30(15-23(26)31)22-9-10-29(25(22)32)14-16-3-2-4-18(11-16)24(27)28/h2-8,11-13,22H,9-10,14-15H2,1H3,(H2,26,31)(H3,27,28)/t22-/m0/s1. The average molecular weight is 510 g/mol. The molecule has 1 aliphatic heterocycles. The maximum Gasteiger partial charge on any atom is 0.244 e. The summed E-state index contributed by atoms with van der Waals surface area (Å²) in [7, 11) is -2.72. The summed E-state index contributed by atoms with van der Waals surface area (Å²) in [6.45, 7) is -0.104. The van der Waals surface area contributed by atoms with Crippen LogP contribution < -0.4 is 16.2 Å². The van der Waals surface area contributed by atoms with Gasteiger partial charge in [0.2, 0.25) is 21.8 Å². The van der Waals surface area contributed by atoms with E-state index in [0.29, 0.717) is 23.2 Å². The largest absolute Gasteiger partial charge is 0.497 e. The zero-order valence-corrected chi connectivity index (χ0v) is 20.5. The van der Waals surface area contributed by atoms with Crippen LogP contribution in [0.25, 0.3) is 10.8 Å². The number of ether oxygens (including phenoxy) is 1. The molecule has 0 saturated carbocycles. The third-order valence-electron chi connectivity index (χ3n) is 6.17. The number of hydrogen-bond donors (Lipinski definition) is 3. The van der Waals surface area contributed by atoms with Crippen molar-refractivity contribution in [3.05, 3.63) is 71.8 Å². The maximum absolute atomic E-state index is 13.7. The number of benzene rings is 3.